The number of carbonyl (C=O) groups is 1. The summed E-state index contributed by atoms with van der Waals surface area (Å²) in [5, 5.41) is 3.10. The van der Waals surface area contributed by atoms with Crippen LogP contribution in [0.15, 0.2) is 62.6 Å². The average Bonchev–Trinajstić information content (AvgIpc) is 2.84. The minimum absolute atomic E-state index is 0.0207. The molecule has 4 rings (SSSR count). The van der Waals surface area contributed by atoms with Crippen molar-refractivity contribution in [3.05, 3.63) is 70.1 Å². The molecule has 1 aliphatic heterocycles. The van der Waals surface area contributed by atoms with E-state index in [4.69, 9.17) is 4.42 Å². The Morgan fingerprint density at radius 3 is 2.55 bits per heavy atom. The topological polar surface area (TPSA) is 96.7 Å². The lowest BCUT2D eigenvalue weighted by Crippen LogP contribution is -2.43. The van der Waals surface area contributed by atoms with Crippen molar-refractivity contribution in [2.75, 3.05) is 11.9 Å². The quantitative estimate of drug-likeness (QED) is 0.572. The molecule has 0 radical (unpaired) electrons. The Morgan fingerprint density at radius 2 is 1.85 bits per heavy atom. The number of aryl methyl sites for hydroxylation is 1. The number of hydrogen-bond donors (Lipinski definition) is 1. The van der Waals surface area contributed by atoms with Crippen LogP contribution in [-0.4, -0.2) is 31.2 Å². The van der Waals surface area contributed by atoms with Crippen molar-refractivity contribution < 1.29 is 17.6 Å². The number of anilines is 1. The van der Waals surface area contributed by atoms with Crippen molar-refractivity contribution in [2.24, 2.45) is 0 Å². The summed E-state index contributed by atoms with van der Waals surface area (Å²) in [5.74, 6) is -0.682. The monoisotopic (exact) mass is 468 g/mol. The van der Waals surface area contributed by atoms with Crippen molar-refractivity contribution in [1.82, 2.24) is 4.31 Å². The Balaban J connectivity index is 1.53. The molecule has 1 atom stereocenters. The number of piperidine rings is 1. The summed E-state index contributed by atoms with van der Waals surface area (Å²) in [4.78, 5) is 25.3. The molecule has 0 aliphatic carbocycles. The number of hydrogen-bond acceptors (Lipinski definition) is 5. The maximum atomic E-state index is 13.1. The first kappa shape index (κ1) is 23.2. The molecule has 1 amide bonds. The fourth-order valence-electron chi connectivity index (χ4n) is 4.27. The summed E-state index contributed by atoms with van der Waals surface area (Å²) in [6.07, 6.45) is 4.35. The molecule has 0 saturated carbocycles. The zero-order chi connectivity index (χ0) is 23.6. The van der Waals surface area contributed by atoms with Gasteiger partial charge in [-0.15, -0.1) is 0 Å². The highest BCUT2D eigenvalue weighted by atomic mass is 32.2. The summed E-state index contributed by atoms with van der Waals surface area (Å²) in [6, 6.07) is 12.6. The van der Waals surface area contributed by atoms with Crippen LogP contribution in [0.2, 0.25) is 0 Å². The van der Waals surface area contributed by atoms with Crippen LogP contribution in [0.1, 0.15) is 55.6 Å². The lowest BCUT2D eigenvalue weighted by atomic mass is 10.0. The maximum absolute atomic E-state index is 13.1. The molecular weight excluding hydrogens is 440 g/mol. The molecule has 0 bridgehead atoms. The zero-order valence-corrected chi connectivity index (χ0v) is 19.7. The standard InChI is InChI=1S/C25H28N2O5S/c1-3-17-8-13-23-21(15-17)22(28)16-24(32-23)25(29)26-18-9-11-20(12-10-18)33(30,31)27-14-6-5-7-19(27)4-2/h8-13,15-16,19H,3-7,14H2,1-2H3,(H,26,29)/t19-/m0/s1. The number of fused-ring (bicyclic) bond motifs is 1. The molecule has 33 heavy (non-hydrogen) atoms. The van der Waals surface area contributed by atoms with E-state index in [1.165, 1.54) is 18.2 Å². The minimum Gasteiger partial charge on any atom is -0.451 e. The summed E-state index contributed by atoms with van der Waals surface area (Å²) >= 11 is 0. The van der Waals surface area contributed by atoms with Crippen LogP contribution in [0.5, 0.6) is 0 Å². The van der Waals surface area contributed by atoms with Gasteiger partial charge in [0.1, 0.15) is 5.58 Å². The van der Waals surface area contributed by atoms with Gasteiger partial charge in [-0.3, -0.25) is 9.59 Å². The molecule has 0 unspecified atom stereocenters. The normalized spacial score (nSPS) is 17.2. The van der Waals surface area contributed by atoms with Crippen molar-refractivity contribution in [1.29, 1.82) is 0 Å². The highest BCUT2D eigenvalue weighted by Crippen LogP contribution is 2.27. The van der Waals surface area contributed by atoms with Gasteiger partial charge in [0.15, 0.2) is 11.2 Å². The predicted octanol–water partition coefficient (Wildman–Crippen LogP) is 4.56. The molecule has 8 heteroatoms. The minimum atomic E-state index is -3.60. The molecule has 1 aromatic heterocycles. The fourth-order valence-corrected chi connectivity index (χ4v) is 6.04. The molecule has 2 aromatic carbocycles. The van der Waals surface area contributed by atoms with Crippen LogP contribution in [0.3, 0.4) is 0 Å². The van der Waals surface area contributed by atoms with Gasteiger partial charge in [0.25, 0.3) is 5.91 Å². The maximum Gasteiger partial charge on any atom is 0.291 e. The molecule has 174 valence electrons. The second-order valence-corrected chi connectivity index (χ2v) is 10.2. The Bertz CT molecular complexity index is 1330. The Labute approximate surface area is 193 Å². The Kier molecular flexibility index (Phi) is 6.67. The van der Waals surface area contributed by atoms with Gasteiger partial charge < -0.3 is 9.73 Å². The number of benzene rings is 2. The molecule has 1 N–H and O–H groups in total. The van der Waals surface area contributed by atoms with Gasteiger partial charge in [0.05, 0.1) is 10.3 Å². The smallest absolute Gasteiger partial charge is 0.291 e. The SMILES string of the molecule is CCc1ccc2oc(C(=O)Nc3ccc(S(=O)(=O)N4CCCC[C@@H]4CC)cc3)cc(=O)c2c1. The van der Waals surface area contributed by atoms with E-state index in [2.05, 4.69) is 5.32 Å². The van der Waals surface area contributed by atoms with Gasteiger partial charge >= 0.3 is 0 Å². The van der Waals surface area contributed by atoms with Gasteiger partial charge in [-0.05, 0) is 67.6 Å². The van der Waals surface area contributed by atoms with E-state index in [0.717, 1.165) is 37.7 Å². The van der Waals surface area contributed by atoms with Crippen LogP contribution in [0.25, 0.3) is 11.0 Å². The van der Waals surface area contributed by atoms with Gasteiger partial charge in [-0.25, -0.2) is 8.42 Å². The van der Waals surface area contributed by atoms with Gasteiger partial charge in [0, 0.05) is 24.3 Å². The summed E-state index contributed by atoms with van der Waals surface area (Å²) < 4.78 is 33.5. The molecule has 1 saturated heterocycles. The van der Waals surface area contributed by atoms with Crippen molar-refractivity contribution in [2.45, 2.75) is 56.9 Å². The third-order valence-electron chi connectivity index (χ3n) is 6.19. The van der Waals surface area contributed by atoms with Crippen molar-refractivity contribution in [3.8, 4) is 0 Å². The lowest BCUT2D eigenvalue weighted by molar-refractivity contribution is 0.0997. The molecule has 2 heterocycles. The van der Waals surface area contributed by atoms with Crippen LogP contribution in [0, 0.1) is 0 Å². The fraction of sp³-hybridized carbons (Fsp3) is 0.360. The highest BCUT2D eigenvalue weighted by molar-refractivity contribution is 7.89. The van der Waals surface area contributed by atoms with E-state index in [1.54, 1.807) is 28.6 Å². The molecule has 1 aliphatic rings. The second kappa shape index (κ2) is 9.49. The predicted molar refractivity (Wildman–Crippen MR) is 128 cm³/mol. The Hall–Kier alpha value is -2.97. The molecule has 1 fully saturated rings. The first-order chi connectivity index (χ1) is 15.8. The molecule has 0 spiro atoms. The first-order valence-corrected chi connectivity index (χ1v) is 12.8. The number of nitrogens with one attached hydrogen (secondary N) is 1. The van der Waals surface area contributed by atoms with Crippen LogP contribution < -0.4 is 10.7 Å². The van der Waals surface area contributed by atoms with Gasteiger partial charge in [0.2, 0.25) is 10.0 Å². The van der Waals surface area contributed by atoms with E-state index >= 15 is 0 Å². The molecule has 3 aromatic rings. The van der Waals surface area contributed by atoms with E-state index < -0.39 is 15.9 Å². The second-order valence-electron chi connectivity index (χ2n) is 8.31. The van der Waals surface area contributed by atoms with Crippen LogP contribution in [-0.2, 0) is 16.4 Å². The third kappa shape index (κ3) is 4.72. The van der Waals surface area contributed by atoms with Gasteiger partial charge in [-0.2, -0.15) is 4.31 Å². The number of rotatable bonds is 6. The molecular formula is C25H28N2O5S. The van der Waals surface area contributed by atoms with E-state index in [9.17, 15) is 18.0 Å². The van der Waals surface area contributed by atoms with Crippen molar-refractivity contribution in [3.63, 3.8) is 0 Å². The lowest BCUT2D eigenvalue weighted by Gasteiger charge is -2.34. The molecule has 7 nitrogen and oxygen atoms in total. The van der Waals surface area contributed by atoms with E-state index in [1.807, 2.05) is 19.9 Å². The number of amides is 1. The number of nitrogens with zero attached hydrogens (tertiary/aromatic N) is 1. The van der Waals surface area contributed by atoms with Crippen LogP contribution in [0.4, 0.5) is 5.69 Å². The van der Waals surface area contributed by atoms with E-state index in [-0.39, 0.29) is 22.1 Å². The zero-order valence-electron chi connectivity index (χ0n) is 18.8. The van der Waals surface area contributed by atoms with E-state index in [0.29, 0.717) is 23.2 Å². The Morgan fingerprint density at radius 1 is 1.09 bits per heavy atom. The average molecular weight is 469 g/mol. The van der Waals surface area contributed by atoms with Crippen molar-refractivity contribution >= 4 is 32.6 Å². The largest absolute Gasteiger partial charge is 0.451 e. The van der Waals surface area contributed by atoms with Crippen LogP contribution >= 0.6 is 0 Å². The summed E-state index contributed by atoms with van der Waals surface area (Å²) in [6.45, 7) is 4.53. The third-order valence-corrected chi connectivity index (χ3v) is 8.15. The number of carbonyl (C=O) groups excluding carboxylic acids is 1. The summed E-state index contributed by atoms with van der Waals surface area (Å²) in [7, 11) is -3.60. The first-order valence-electron chi connectivity index (χ1n) is 11.3. The summed E-state index contributed by atoms with van der Waals surface area (Å²) in [5.41, 5.74) is 1.48. The van der Waals surface area contributed by atoms with Gasteiger partial charge in [-0.1, -0.05) is 26.3 Å². The highest BCUT2D eigenvalue weighted by Gasteiger charge is 2.32. The number of sulfonamides is 1.